The van der Waals surface area contributed by atoms with Crippen molar-refractivity contribution in [1.29, 1.82) is 0 Å². The van der Waals surface area contributed by atoms with Crippen molar-refractivity contribution in [1.82, 2.24) is 0 Å². The summed E-state index contributed by atoms with van der Waals surface area (Å²) in [5, 5.41) is 0. The fourth-order valence-electron chi connectivity index (χ4n) is 9.33. The standard InChI is InChI=1S/C75H126O6/c1-4-7-10-13-16-19-22-25-28-31-33-34-35-36-37-38-39-40-42-44-47-50-53-56-59-62-65-68-74(77)80-71-72(70-79-73(76)67-64-61-58-55-52-49-46-43-30-27-24-21-18-15-12-9-6-3)81-75(78)69-66-63-60-57-54-51-48-45-41-32-29-26-23-20-17-14-11-8-5-2/h7,10,16,19,25-30,33-34,36-37,39-40,44,47,53,56,72H,4-6,8-9,11-15,17-18,20-24,31-32,35,38,41-43,45-46,48-52,54-55,57-71H2,1-3H3/b10-7-,19-16-,28-25-,29-26-,30-27-,34-33-,37-36-,40-39-,47-44-,56-53-. The molecule has 0 saturated carbocycles. The molecule has 6 heteroatoms. The Kier molecular flexibility index (Phi) is 64.8. The van der Waals surface area contributed by atoms with Crippen molar-refractivity contribution in [3.8, 4) is 0 Å². The number of rotatable bonds is 61. The molecular weight excluding hydrogens is 997 g/mol. The first-order valence-corrected chi connectivity index (χ1v) is 34.0. The molecule has 0 fully saturated rings. The van der Waals surface area contributed by atoms with Crippen molar-refractivity contribution in [2.75, 3.05) is 13.2 Å². The normalized spacial score (nSPS) is 12.9. The van der Waals surface area contributed by atoms with Crippen molar-refractivity contribution in [2.24, 2.45) is 0 Å². The summed E-state index contributed by atoms with van der Waals surface area (Å²) >= 11 is 0. The molecule has 0 amide bonds. The van der Waals surface area contributed by atoms with E-state index in [1.54, 1.807) is 0 Å². The molecule has 0 aromatic rings. The molecule has 6 nitrogen and oxygen atoms in total. The first-order valence-electron chi connectivity index (χ1n) is 34.0. The van der Waals surface area contributed by atoms with Crippen LogP contribution in [0.15, 0.2) is 122 Å². The number of hydrogen-bond acceptors (Lipinski definition) is 6. The summed E-state index contributed by atoms with van der Waals surface area (Å²) in [7, 11) is 0. The molecule has 81 heavy (non-hydrogen) atoms. The molecular formula is C75H126O6. The van der Waals surface area contributed by atoms with E-state index in [1.807, 2.05) is 0 Å². The second-order valence-electron chi connectivity index (χ2n) is 22.3. The molecule has 0 rings (SSSR count). The topological polar surface area (TPSA) is 78.9 Å². The van der Waals surface area contributed by atoms with Gasteiger partial charge < -0.3 is 14.2 Å². The van der Waals surface area contributed by atoms with E-state index in [4.69, 9.17) is 14.2 Å². The molecule has 0 aliphatic rings. The Morgan fingerprint density at radius 2 is 0.481 bits per heavy atom. The van der Waals surface area contributed by atoms with Gasteiger partial charge in [-0.25, -0.2) is 0 Å². The maximum Gasteiger partial charge on any atom is 0.306 e. The van der Waals surface area contributed by atoms with Crippen LogP contribution in [0.2, 0.25) is 0 Å². The monoisotopic (exact) mass is 1120 g/mol. The number of carbonyl (C=O) groups excluding carboxylic acids is 3. The molecule has 0 radical (unpaired) electrons. The molecule has 0 aliphatic carbocycles. The van der Waals surface area contributed by atoms with Crippen LogP contribution in [0.4, 0.5) is 0 Å². The molecule has 462 valence electrons. The van der Waals surface area contributed by atoms with E-state index < -0.39 is 6.10 Å². The maximum atomic E-state index is 12.9. The third-order valence-electron chi connectivity index (χ3n) is 14.4. The number of unbranched alkanes of at least 4 members (excludes halogenated alkanes) is 30. The Labute approximate surface area is 501 Å². The summed E-state index contributed by atoms with van der Waals surface area (Å²) in [5.74, 6) is -0.939. The van der Waals surface area contributed by atoms with E-state index >= 15 is 0 Å². The lowest BCUT2D eigenvalue weighted by Crippen LogP contribution is -2.30. The Morgan fingerprint density at radius 3 is 0.790 bits per heavy atom. The first-order chi connectivity index (χ1) is 40.0. The van der Waals surface area contributed by atoms with Crippen LogP contribution in [0.5, 0.6) is 0 Å². The Balaban J connectivity index is 4.46. The first kappa shape index (κ1) is 76.8. The molecule has 0 aromatic carbocycles. The van der Waals surface area contributed by atoms with Crippen molar-refractivity contribution in [3.63, 3.8) is 0 Å². The van der Waals surface area contributed by atoms with Gasteiger partial charge in [0, 0.05) is 19.3 Å². The SMILES string of the molecule is CC/C=C\C/C=C\C/C=C\C/C=C\C/C=C\C/C=C\C/C=C\C/C=C\CCCCC(=O)OCC(COC(=O)CCCCCCCCC/C=C\CCCCCCCC)OC(=O)CCCCCCCCCCC/C=C\CCCCCCCC. The lowest BCUT2D eigenvalue weighted by atomic mass is 10.1. The van der Waals surface area contributed by atoms with Crippen molar-refractivity contribution >= 4 is 17.9 Å². The summed E-state index contributed by atoms with van der Waals surface area (Å²) in [6.45, 7) is 6.50. The van der Waals surface area contributed by atoms with Gasteiger partial charge >= 0.3 is 17.9 Å². The fraction of sp³-hybridized carbons (Fsp3) is 0.693. The molecule has 0 heterocycles. The lowest BCUT2D eigenvalue weighted by molar-refractivity contribution is -0.167. The van der Waals surface area contributed by atoms with Gasteiger partial charge in [0.25, 0.3) is 0 Å². The highest BCUT2D eigenvalue weighted by Crippen LogP contribution is 2.16. The third-order valence-corrected chi connectivity index (χ3v) is 14.4. The van der Waals surface area contributed by atoms with E-state index in [-0.39, 0.29) is 31.1 Å². The maximum absolute atomic E-state index is 12.9. The summed E-state index contributed by atoms with van der Waals surface area (Å²) in [5.41, 5.74) is 0. The van der Waals surface area contributed by atoms with Crippen LogP contribution in [0.1, 0.15) is 316 Å². The number of ether oxygens (including phenoxy) is 3. The Morgan fingerprint density at radius 1 is 0.259 bits per heavy atom. The van der Waals surface area contributed by atoms with Gasteiger partial charge in [0.2, 0.25) is 0 Å². The highest BCUT2D eigenvalue weighted by Gasteiger charge is 2.19. The zero-order valence-electron chi connectivity index (χ0n) is 53.0. The van der Waals surface area contributed by atoms with E-state index in [1.165, 1.54) is 167 Å². The number of carbonyl (C=O) groups is 3. The molecule has 0 bridgehead atoms. The molecule has 0 spiro atoms. The molecule has 0 N–H and O–H groups in total. The average Bonchev–Trinajstić information content (AvgIpc) is 3.47. The van der Waals surface area contributed by atoms with Crippen molar-refractivity contribution < 1.29 is 28.6 Å². The van der Waals surface area contributed by atoms with Crippen LogP contribution in [-0.4, -0.2) is 37.2 Å². The molecule has 0 aromatic heterocycles. The largest absolute Gasteiger partial charge is 0.462 e. The minimum atomic E-state index is -0.804. The van der Waals surface area contributed by atoms with Crippen LogP contribution < -0.4 is 0 Å². The summed E-state index contributed by atoms with van der Waals surface area (Å²) in [6.07, 6.45) is 94.9. The van der Waals surface area contributed by atoms with Crippen LogP contribution in [0.25, 0.3) is 0 Å². The molecule has 0 saturated heterocycles. The van der Waals surface area contributed by atoms with E-state index in [9.17, 15) is 14.4 Å². The van der Waals surface area contributed by atoms with Crippen LogP contribution >= 0.6 is 0 Å². The second kappa shape index (κ2) is 68.3. The van der Waals surface area contributed by atoms with Gasteiger partial charge in [0.05, 0.1) is 0 Å². The van der Waals surface area contributed by atoms with Crippen molar-refractivity contribution in [3.05, 3.63) is 122 Å². The molecule has 0 aliphatic heterocycles. The number of esters is 3. The van der Waals surface area contributed by atoms with Gasteiger partial charge in [-0.15, -0.1) is 0 Å². The minimum absolute atomic E-state index is 0.0959. The molecule has 1 unspecified atom stereocenters. The summed E-state index contributed by atoms with van der Waals surface area (Å²) < 4.78 is 16.9. The number of hydrogen-bond donors (Lipinski definition) is 0. The molecule has 1 atom stereocenters. The predicted molar refractivity (Wildman–Crippen MR) is 353 cm³/mol. The lowest BCUT2D eigenvalue weighted by Gasteiger charge is -2.18. The quantitative estimate of drug-likeness (QED) is 0.0261. The highest BCUT2D eigenvalue weighted by atomic mass is 16.6. The average molecular weight is 1120 g/mol. The van der Waals surface area contributed by atoms with Gasteiger partial charge in [-0.3, -0.25) is 14.4 Å². The Hall–Kier alpha value is -4.19. The van der Waals surface area contributed by atoms with Gasteiger partial charge in [-0.1, -0.05) is 284 Å². The zero-order valence-corrected chi connectivity index (χ0v) is 53.0. The van der Waals surface area contributed by atoms with E-state index in [0.717, 1.165) is 109 Å². The van der Waals surface area contributed by atoms with Gasteiger partial charge in [-0.2, -0.15) is 0 Å². The van der Waals surface area contributed by atoms with E-state index in [2.05, 4.69) is 142 Å². The minimum Gasteiger partial charge on any atom is -0.462 e. The zero-order chi connectivity index (χ0) is 58.5. The smallest absolute Gasteiger partial charge is 0.306 e. The predicted octanol–water partition coefficient (Wildman–Crippen LogP) is 23.6. The van der Waals surface area contributed by atoms with Gasteiger partial charge in [0.1, 0.15) is 13.2 Å². The van der Waals surface area contributed by atoms with Crippen LogP contribution in [0, 0.1) is 0 Å². The van der Waals surface area contributed by atoms with Crippen LogP contribution in [-0.2, 0) is 28.6 Å². The van der Waals surface area contributed by atoms with Crippen molar-refractivity contribution in [2.45, 2.75) is 322 Å². The van der Waals surface area contributed by atoms with E-state index in [0.29, 0.717) is 19.3 Å². The summed E-state index contributed by atoms with van der Waals surface area (Å²) in [6, 6.07) is 0. The third kappa shape index (κ3) is 66.5. The highest BCUT2D eigenvalue weighted by molar-refractivity contribution is 5.71. The fourth-order valence-corrected chi connectivity index (χ4v) is 9.33. The Bertz CT molecular complexity index is 1670. The van der Waals surface area contributed by atoms with Gasteiger partial charge in [0.15, 0.2) is 6.10 Å². The summed E-state index contributed by atoms with van der Waals surface area (Å²) in [4.78, 5) is 38.4. The number of allylic oxidation sites excluding steroid dienone is 20. The second-order valence-corrected chi connectivity index (χ2v) is 22.3. The van der Waals surface area contributed by atoms with Gasteiger partial charge in [-0.05, 0) is 135 Å². The van der Waals surface area contributed by atoms with Crippen LogP contribution in [0.3, 0.4) is 0 Å².